The van der Waals surface area contributed by atoms with Gasteiger partial charge in [0.1, 0.15) is 6.61 Å². The van der Waals surface area contributed by atoms with Gasteiger partial charge >= 0.3 is 0 Å². The summed E-state index contributed by atoms with van der Waals surface area (Å²) in [5.41, 5.74) is 0. The predicted octanol–water partition coefficient (Wildman–Crippen LogP) is 1.55. The van der Waals surface area contributed by atoms with E-state index in [0.29, 0.717) is 0 Å². The smallest absolute Gasteiger partial charge is 0.158 e. The number of ether oxygens (including phenoxy) is 2. The molecule has 0 bridgehead atoms. The third-order valence-electron chi connectivity index (χ3n) is 1.57. The molecule has 1 rings (SSSR count). The van der Waals surface area contributed by atoms with Crippen LogP contribution in [0.4, 0.5) is 0 Å². The Bertz CT molecular complexity index is 220. The van der Waals surface area contributed by atoms with Gasteiger partial charge in [-0.05, 0) is 26.1 Å². The minimum absolute atomic E-state index is 0.128. The van der Waals surface area contributed by atoms with Crippen molar-refractivity contribution in [3.63, 3.8) is 0 Å². The van der Waals surface area contributed by atoms with Crippen molar-refractivity contribution >= 4 is 0 Å². The lowest BCUT2D eigenvalue weighted by atomic mass is 10.2. The van der Waals surface area contributed by atoms with Crippen LogP contribution in [0.2, 0.25) is 0 Å². The molecule has 62 valence electrons. The fourth-order valence-electron chi connectivity index (χ4n) is 1.01. The number of hydrogen-bond donors (Lipinski definition) is 0. The second-order valence-corrected chi connectivity index (χ2v) is 2.41. The van der Waals surface area contributed by atoms with Gasteiger partial charge in [-0.15, -0.1) is 5.92 Å². The average molecular weight is 157 g/mol. The van der Waals surface area contributed by atoms with Gasteiger partial charge in [-0.3, -0.25) is 0 Å². The van der Waals surface area contributed by atoms with Gasteiger partial charge in [0.2, 0.25) is 0 Å². The molecule has 1 aliphatic rings. The molecule has 0 aliphatic carbocycles. The van der Waals surface area contributed by atoms with E-state index in [9.17, 15) is 0 Å². The van der Waals surface area contributed by atoms with Crippen molar-refractivity contribution in [2.24, 2.45) is 0 Å². The van der Waals surface area contributed by atoms with Crippen molar-refractivity contribution < 1.29 is 13.6 Å². The molecule has 1 unspecified atom stereocenters. The topological polar surface area (TPSA) is 18.5 Å². The van der Waals surface area contributed by atoms with E-state index in [1.54, 1.807) is 0 Å². The Kier molecular flexibility index (Phi) is 2.44. The summed E-state index contributed by atoms with van der Waals surface area (Å²) in [5, 5.41) is 0. The zero-order chi connectivity index (χ0) is 10.4. The molecule has 0 aromatic carbocycles. The van der Waals surface area contributed by atoms with Gasteiger partial charge in [0, 0.05) is 10.7 Å². The zero-order valence-electron chi connectivity index (χ0n) is 9.43. The molecule has 11 heavy (non-hydrogen) atoms. The summed E-state index contributed by atoms with van der Waals surface area (Å²) in [5.74, 6) is 4.59. The van der Waals surface area contributed by atoms with Crippen LogP contribution in [-0.2, 0) is 9.47 Å². The van der Waals surface area contributed by atoms with Crippen molar-refractivity contribution in [2.75, 3.05) is 13.2 Å². The summed E-state index contributed by atoms with van der Waals surface area (Å²) in [6.07, 6.45) is 2.84. The standard InChI is InChI=1S/C9H14O2/c1-2-3-7-10-9-6-4-5-8-11-9/h9H,4-8H2,1H3/i1D3. The molecule has 1 saturated heterocycles. The van der Waals surface area contributed by atoms with Gasteiger partial charge in [0.25, 0.3) is 0 Å². The first kappa shape index (κ1) is 5.18. The zero-order valence-corrected chi connectivity index (χ0v) is 6.43. The Morgan fingerprint density at radius 2 is 2.73 bits per heavy atom. The maximum Gasteiger partial charge on any atom is 0.158 e. The molecule has 1 aliphatic heterocycles. The molecule has 0 N–H and O–H groups in total. The first-order valence-corrected chi connectivity index (χ1v) is 3.81. The number of hydrogen-bond acceptors (Lipinski definition) is 2. The maximum absolute atomic E-state index is 6.83. The van der Waals surface area contributed by atoms with E-state index < -0.39 is 6.85 Å². The van der Waals surface area contributed by atoms with E-state index in [1.165, 1.54) is 0 Å². The molecule has 0 aromatic heterocycles. The highest BCUT2D eigenvalue weighted by Crippen LogP contribution is 2.12. The third-order valence-corrected chi connectivity index (χ3v) is 1.57. The Hall–Kier alpha value is -0.520. The van der Waals surface area contributed by atoms with Gasteiger partial charge in [-0.25, -0.2) is 0 Å². The lowest BCUT2D eigenvalue weighted by Crippen LogP contribution is -2.22. The lowest BCUT2D eigenvalue weighted by molar-refractivity contribution is -0.154. The molecule has 2 nitrogen and oxygen atoms in total. The minimum atomic E-state index is -2.18. The second kappa shape index (κ2) is 5.17. The van der Waals surface area contributed by atoms with Crippen LogP contribution in [0, 0.1) is 11.8 Å². The molecular formula is C9H14O2. The van der Waals surface area contributed by atoms with Crippen molar-refractivity contribution in [3.05, 3.63) is 0 Å². The van der Waals surface area contributed by atoms with Crippen LogP contribution in [0.1, 0.15) is 30.2 Å². The molecule has 0 spiro atoms. The molecular weight excluding hydrogens is 140 g/mol. The van der Waals surface area contributed by atoms with Gasteiger partial charge in [0.05, 0.1) is 0 Å². The summed E-state index contributed by atoms with van der Waals surface area (Å²) in [6, 6.07) is 0. The molecule has 1 atom stereocenters. The summed E-state index contributed by atoms with van der Waals surface area (Å²) >= 11 is 0. The van der Waals surface area contributed by atoms with Gasteiger partial charge in [0.15, 0.2) is 6.29 Å². The van der Waals surface area contributed by atoms with E-state index in [4.69, 9.17) is 13.6 Å². The van der Waals surface area contributed by atoms with Crippen LogP contribution in [0.25, 0.3) is 0 Å². The Balaban J connectivity index is 2.16. The maximum atomic E-state index is 6.83. The van der Waals surface area contributed by atoms with E-state index >= 15 is 0 Å². The van der Waals surface area contributed by atoms with Crippen LogP contribution in [0.3, 0.4) is 0 Å². The van der Waals surface area contributed by atoms with Gasteiger partial charge < -0.3 is 9.47 Å². The Labute approximate surface area is 72.1 Å². The lowest BCUT2D eigenvalue weighted by Gasteiger charge is -2.21. The molecule has 1 heterocycles. The highest BCUT2D eigenvalue weighted by Gasteiger charge is 2.12. The molecule has 0 saturated carbocycles. The van der Waals surface area contributed by atoms with Crippen LogP contribution in [0.5, 0.6) is 0 Å². The van der Waals surface area contributed by atoms with Gasteiger partial charge in [-0.2, -0.15) is 0 Å². The summed E-state index contributed by atoms with van der Waals surface area (Å²) < 4.78 is 31.0. The van der Waals surface area contributed by atoms with Crippen molar-refractivity contribution in [1.82, 2.24) is 0 Å². The van der Waals surface area contributed by atoms with Crippen molar-refractivity contribution in [1.29, 1.82) is 0 Å². The van der Waals surface area contributed by atoms with Crippen LogP contribution < -0.4 is 0 Å². The molecule has 0 amide bonds. The van der Waals surface area contributed by atoms with Crippen molar-refractivity contribution in [3.8, 4) is 11.8 Å². The summed E-state index contributed by atoms with van der Waals surface area (Å²) in [6.45, 7) is -1.34. The first-order valence-electron chi connectivity index (χ1n) is 5.31. The average Bonchev–Trinajstić information content (AvgIpc) is 2.13. The van der Waals surface area contributed by atoms with E-state index in [1.807, 2.05) is 0 Å². The first-order chi connectivity index (χ1) is 6.58. The molecule has 1 fully saturated rings. The predicted molar refractivity (Wildman–Crippen MR) is 43.0 cm³/mol. The number of rotatable bonds is 2. The van der Waals surface area contributed by atoms with Crippen LogP contribution in [0.15, 0.2) is 0 Å². The van der Waals surface area contributed by atoms with E-state index in [-0.39, 0.29) is 12.9 Å². The van der Waals surface area contributed by atoms with E-state index in [2.05, 4.69) is 11.8 Å². The minimum Gasteiger partial charge on any atom is -0.353 e. The third kappa shape index (κ3) is 3.41. The highest BCUT2D eigenvalue weighted by atomic mass is 16.7. The fraction of sp³-hybridized carbons (Fsp3) is 0.778. The quantitative estimate of drug-likeness (QED) is 0.566. The summed E-state index contributed by atoms with van der Waals surface area (Å²) in [4.78, 5) is 0. The van der Waals surface area contributed by atoms with Crippen LogP contribution >= 0.6 is 0 Å². The second-order valence-electron chi connectivity index (χ2n) is 2.41. The normalized spacial score (nSPS) is 29.1. The van der Waals surface area contributed by atoms with Crippen LogP contribution in [-0.4, -0.2) is 19.5 Å². The molecule has 2 heteroatoms. The Morgan fingerprint density at radius 3 is 3.45 bits per heavy atom. The van der Waals surface area contributed by atoms with Gasteiger partial charge in [-0.1, -0.05) is 5.92 Å². The Morgan fingerprint density at radius 1 is 1.73 bits per heavy atom. The highest BCUT2D eigenvalue weighted by molar-refractivity contribution is 4.94. The molecule has 0 radical (unpaired) electrons. The summed E-state index contributed by atoms with van der Waals surface area (Å²) in [7, 11) is 0. The fourth-order valence-corrected chi connectivity index (χ4v) is 1.01. The SMILES string of the molecule is [2H]C([2H])([2H])C#CCOC1CCCCO1. The largest absolute Gasteiger partial charge is 0.353 e. The van der Waals surface area contributed by atoms with Crippen molar-refractivity contribution in [2.45, 2.75) is 32.4 Å². The molecule has 0 aromatic rings. The van der Waals surface area contributed by atoms with E-state index in [0.717, 1.165) is 25.9 Å². The monoisotopic (exact) mass is 157 g/mol.